The lowest BCUT2D eigenvalue weighted by molar-refractivity contribution is 0.486. The second kappa shape index (κ2) is 3.26. The summed E-state index contributed by atoms with van der Waals surface area (Å²) in [6.07, 6.45) is 2.54. The Bertz CT molecular complexity index is 378. The van der Waals surface area contributed by atoms with E-state index in [1.807, 2.05) is 0 Å². The van der Waals surface area contributed by atoms with Gasteiger partial charge in [0.15, 0.2) is 5.75 Å². The molecule has 0 unspecified atom stereocenters. The van der Waals surface area contributed by atoms with Crippen molar-refractivity contribution in [3.8, 4) is 5.75 Å². The molecular weight excluding hydrogens is 204 g/mol. The van der Waals surface area contributed by atoms with E-state index >= 15 is 0 Å². The average molecular weight is 209 g/mol. The zero-order valence-corrected chi connectivity index (χ0v) is 7.34. The summed E-state index contributed by atoms with van der Waals surface area (Å²) < 4.78 is 25.1. The fourth-order valence-corrected chi connectivity index (χ4v) is 1.10. The molecule has 1 aromatic heterocycles. The summed E-state index contributed by atoms with van der Waals surface area (Å²) in [5.74, 6) is -0.00926. The predicted molar refractivity (Wildman–Crippen MR) is 43.0 cm³/mol. The number of nitrogens with two attached hydrogens (primary N) is 1. The van der Waals surface area contributed by atoms with Crippen LogP contribution in [0.25, 0.3) is 0 Å². The summed E-state index contributed by atoms with van der Waals surface area (Å²) in [4.78, 5) is 3.59. The van der Waals surface area contributed by atoms with E-state index in [0.29, 0.717) is 0 Å². The first-order valence-electron chi connectivity index (χ1n) is 2.80. The van der Waals surface area contributed by atoms with Gasteiger partial charge in [0.1, 0.15) is 0 Å². The molecule has 1 heterocycles. The molecule has 0 spiro atoms. The van der Waals surface area contributed by atoms with Gasteiger partial charge in [0.05, 0.1) is 11.2 Å². The van der Waals surface area contributed by atoms with Crippen LogP contribution in [0.1, 0.15) is 0 Å². The van der Waals surface area contributed by atoms with Crippen LogP contribution in [-0.4, -0.2) is 13.4 Å². The van der Waals surface area contributed by atoms with Gasteiger partial charge in [-0.2, -0.15) is 13.6 Å². The molecule has 0 saturated carbocycles. The standard InChI is InChI=1S/C5H5ClN2O3S/c6-4-1-5(3-8-2-4)11-12(7,9)10/h1-3H,(H2,7,9,10). The highest BCUT2D eigenvalue weighted by atomic mass is 35.5. The molecule has 0 aliphatic carbocycles. The molecule has 0 aliphatic heterocycles. The topological polar surface area (TPSA) is 82.3 Å². The Morgan fingerprint density at radius 3 is 2.67 bits per heavy atom. The van der Waals surface area contributed by atoms with Crippen molar-refractivity contribution in [3.63, 3.8) is 0 Å². The minimum atomic E-state index is -3.99. The van der Waals surface area contributed by atoms with Gasteiger partial charge in [0.25, 0.3) is 0 Å². The molecular formula is C5H5ClN2O3S. The van der Waals surface area contributed by atoms with Gasteiger partial charge in [0.2, 0.25) is 0 Å². The van der Waals surface area contributed by atoms with Crippen LogP contribution in [0.15, 0.2) is 18.5 Å². The van der Waals surface area contributed by atoms with Gasteiger partial charge in [-0.15, -0.1) is 0 Å². The maximum atomic E-state index is 10.4. The van der Waals surface area contributed by atoms with Gasteiger partial charge in [0, 0.05) is 12.3 Å². The van der Waals surface area contributed by atoms with Crippen LogP contribution in [0, 0.1) is 0 Å². The van der Waals surface area contributed by atoms with Crippen LogP contribution in [0.5, 0.6) is 5.75 Å². The van der Waals surface area contributed by atoms with E-state index in [1.54, 1.807) is 0 Å². The largest absolute Gasteiger partial charge is 0.380 e. The van der Waals surface area contributed by atoms with E-state index in [1.165, 1.54) is 18.5 Å². The Hall–Kier alpha value is -0.850. The first kappa shape index (κ1) is 9.24. The molecule has 5 nitrogen and oxygen atoms in total. The molecule has 1 aromatic rings. The SMILES string of the molecule is NS(=O)(=O)Oc1cncc(Cl)c1. The molecule has 0 amide bonds. The Morgan fingerprint density at radius 1 is 1.50 bits per heavy atom. The quantitative estimate of drug-likeness (QED) is 0.759. The highest BCUT2D eigenvalue weighted by Gasteiger charge is 2.04. The van der Waals surface area contributed by atoms with Crippen molar-refractivity contribution in [1.29, 1.82) is 0 Å². The number of aromatic nitrogens is 1. The number of hydrogen-bond donors (Lipinski definition) is 1. The predicted octanol–water partition coefficient (Wildman–Crippen LogP) is 0.317. The van der Waals surface area contributed by atoms with Crippen LogP contribution < -0.4 is 9.32 Å². The zero-order valence-electron chi connectivity index (χ0n) is 5.77. The summed E-state index contributed by atoms with van der Waals surface area (Å²) in [5, 5.41) is 4.87. The van der Waals surface area contributed by atoms with Crippen molar-refractivity contribution >= 4 is 21.9 Å². The molecule has 66 valence electrons. The van der Waals surface area contributed by atoms with Crippen LogP contribution >= 0.6 is 11.6 Å². The maximum absolute atomic E-state index is 10.4. The lowest BCUT2D eigenvalue weighted by Crippen LogP contribution is -2.18. The number of halogens is 1. The van der Waals surface area contributed by atoms with E-state index in [0.717, 1.165) is 0 Å². The fourth-order valence-electron chi connectivity index (χ4n) is 0.572. The van der Waals surface area contributed by atoms with Crippen molar-refractivity contribution in [3.05, 3.63) is 23.5 Å². The maximum Gasteiger partial charge on any atom is 0.380 e. The average Bonchev–Trinajstić information content (AvgIpc) is 1.82. The van der Waals surface area contributed by atoms with E-state index in [9.17, 15) is 8.42 Å². The van der Waals surface area contributed by atoms with Crippen molar-refractivity contribution in [2.75, 3.05) is 0 Å². The molecule has 0 radical (unpaired) electrons. The lowest BCUT2D eigenvalue weighted by atomic mass is 10.5. The third-order valence-corrected chi connectivity index (χ3v) is 1.52. The highest BCUT2D eigenvalue weighted by molar-refractivity contribution is 7.84. The number of nitrogens with zero attached hydrogens (tertiary/aromatic N) is 1. The molecule has 7 heteroatoms. The summed E-state index contributed by atoms with van der Waals surface area (Å²) in [6, 6.07) is 1.29. The molecule has 0 bridgehead atoms. The van der Waals surface area contributed by atoms with Gasteiger partial charge in [-0.3, -0.25) is 4.98 Å². The van der Waals surface area contributed by atoms with Crippen molar-refractivity contribution < 1.29 is 12.6 Å². The van der Waals surface area contributed by atoms with E-state index < -0.39 is 10.3 Å². The zero-order chi connectivity index (χ0) is 9.19. The highest BCUT2D eigenvalue weighted by Crippen LogP contribution is 2.15. The Morgan fingerprint density at radius 2 is 2.17 bits per heavy atom. The van der Waals surface area contributed by atoms with Crippen LogP contribution in [0.4, 0.5) is 0 Å². The van der Waals surface area contributed by atoms with E-state index in [2.05, 4.69) is 14.3 Å². The first-order valence-corrected chi connectivity index (χ1v) is 4.65. The van der Waals surface area contributed by atoms with Crippen LogP contribution in [0.2, 0.25) is 5.02 Å². The van der Waals surface area contributed by atoms with Gasteiger partial charge < -0.3 is 4.18 Å². The Kier molecular flexibility index (Phi) is 2.51. The summed E-state index contributed by atoms with van der Waals surface area (Å²) in [5.41, 5.74) is 0. The number of rotatable bonds is 2. The summed E-state index contributed by atoms with van der Waals surface area (Å²) in [6.45, 7) is 0. The summed E-state index contributed by atoms with van der Waals surface area (Å²) in [7, 11) is -3.99. The Labute approximate surface area is 74.4 Å². The normalized spacial score (nSPS) is 11.2. The molecule has 0 saturated heterocycles. The summed E-state index contributed by atoms with van der Waals surface area (Å²) >= 11 is 5.50. The van der Waals surface area contributed by atoms with Gasteiger partial charge in [-0.1, -0.05) is 11.6 Å². The van der Waals surface area contributed by atoms with Crippen LogP contribution in [-0.2, 0) is 10.3 Å². The Balaban J connectivity index is 2.91. The van der Waals surface area contributed by atoms with E-state index in [4.69, 9.17) is 11.6 Å². The van der Waals surface area contributed by atoms with E-state index in [-0.39, 0.29) is 10.8 Å². The van der Waals surface area contributed by atoms with Gasteiger partial charge in [-0.25, -0.2) is 0 Å². The molecule has 0 atom stereocenters. The number of pyridine rings is 1. The minimum Gasteiger partial charge on any atom is -0.369 e. The van der Waals surface area contributed by atoms with Crippen molar-refractivity contribution in [2.24, 2.45) is 5.14 Å². The second-order valence-corrected chi connectivity index (χ2v) is 3.50. The molecule has 1 rings (SSSR count). The first-order chi connectivity index (χ1) is 5.47. The molecule has 0 fully saturated rings. The van der Waals surface area contributed by atoms with Crippen LogP contribution in [0.3, 0.4) is 0 Å². The fraction of sp³-hybridized carbons (Fsp3) is 0. The molecule has 12 heavy (non-hydrogen) atoms. The number of hydrogen-bond acceptors (Lipinski definition) is 4. The van der Waals surface area contributed by atoms with Gasteiger partial charge >= 0.3 is 10.3 Å². The van der Waals surface area contributed by atoms with Crippen molar-refractivity contribution in [2.45, 2.75) is 0 Å². The molecule has 2 N–H and O–H groups in total. The van der Waals surface area contributed by atoms with Gasteiger partial charge in [-0.05, 0) is 0 Å². The van der Waals surface area contributed by atoms with Crippen molar-refractivity contribution in [1.82, 2.24) is 4.98 Å². The third-order valence-electron chi connectivity index (χ3n) is 0.892. The molecule has 0 aliphatic rings. The minimum absolute atomic E-state index is 0.00926. The monoisotopic (exact) mass is 208 g/mol. The smallest absolute Gasteiger partial charge is 0.369 e. The lowest BCUT2D eigenvalue weighted by Gasteiger charge is -2.00. The second-order valence-electron chi connectivity index (χ2n) is 1.91. The molecule has 0 aromatic carbocycles. The third kappa shape index (κ3) is 3.04.